The smallest absolute Gasteiger partial charge is 0.339 e. The first-order valence-electron chi connectivity index (χ1n) is 10.3. The summed E-state index contributed by atoms with van der Waals surface area (Å²) >= 11 is 5.81. The van der Waals surface area contributed by atoms with Crippen molar-refractivity contribution in [2.24, 2.45) is 5.92 Å². The van der Waals surface area contributed by atoms with Crippen molar-refractivity contribution in [3.8, 4) is 0 Å². The number of ether oxygens (including phenoxy) is 1. The summed E-state index contributed by atoms with van der Waals surface area (Å²) in [5, 5.41) is 13.9. The maximum Gasteiger partial charge on any atom is 0.339 e. The summed E-state index contributed by atoms with van der Waals surface area (Å²) in [6, 6.07) is 9.66. The average Bonchev–Trinajstić information content (AvgIpc) is 2.78. The number of carbonyl (C=O) groups excluding carboxylic acids is 3. The van der Waals surface area contributed by atoms with Crippen LogP contribution in [-0.4, -0.2) is 35.2 Å². The number of halogens is 1. The summed E-state index contributed by atoms with van der Waals surface area (Å²) in [6.45, 7) is 1.62. The van der Waals surface area contributed by atoms with Crippen LogP contribution in [0.25, 0.3) is 0 Å². The van der Waals surface area contributed by atoms with E-state index in [4.69, 9.17) is 16.3 Å². The van der Waals surface area contributed by atoms with Crippen LogP contribution in [0, 0.1) is 16.0 Å². The molecule has 1 amide bonds. The van der Waals surface area contributed by atoms with Gasteiger partial charge in [0, 0.05) is 23.2 Å². The Morgan fingerprint density at radius 1 is 1.12 bits per heavy atom. The molecular weight excluding hydrogens is 436 g/mol. The fraction of sp³-hybridized carbons (Fsp3) is 0.348. The minimum absolute atomic E-state index is 0.00498. The molecule has 1 fully saturated rings. The first-order valence-corrected chi connectivity index (χ1v) is 10.7. The van der Waals surface area contributed by atoms with E-state index in [1.54, 1.807) is 12.1 Å². The van der Waals surface area contributed by atoms with Gasteiger partial charge in [0.05, 0.1) is 10.5 Å². The molecule has 0 saturated heterocycles. The fourth-order valence-electron chi connectivity index (χ4n) is 3.80. The molecule has 1 aliphatic carbocycles. The van der Waals surface area contributed by atoms with Gasteiger partial charge in [0.15, 0.2) is 12.4 Å². The van der Waals surface area contributed by atoms with E-state index in [1.165, 1.54) is 24.3 Å². The van der Waals surface area contributed by atoms with Crippen LogP contribution < -0.4 is 5.32 Å². The van der Waals surface area contributed by atoms with Crippen molar-refractivity contribution in [1.82, 2.24) is 5.32 Å². The number of benzene rings is 2. The maximum absolute atomic E-state index is 12.9. The lowest BCUT2D eigenvalue weighted by Gasteiger charge is -2.29. The van der Waals surface area contributed by atoms with Crippen molar-refractivity contribution >= 4 is 34.9 Å². The van der Waals surface area contributed by atoms with Crippen LogP contribution in [0.4, 0.5) is 5.69 Å². The van der Waals surface area contributed by atoms with E-state index in [9.17, 15) is 24.5 Å². The van der Waals surface area contributed by atoms with Gasteiger partial charge in [0.2, 0.25) is 0 Å². The van der Waals surface area contributed by atoms with Gasteiger partial charge in [-0.05, 0) is 37.0 Å². The van der Waals surface area contributed by atoms with Crippen molar-refractivity contribution < 1.29 is 24.0 Å². The standard InChI is InChI=1S/C23H23ClN2O6/c1-14-6-2-5-9-19(14)25-21(27)13-32-23(29)17-8-4-3-7-16(17)22(28)15-10-11-18(24)20(12-15)26(30)31/h3-4,7-8,10-12,14,19H,2,5-6,9,13H2,1H3,(H,25,27)/t14-,19-/m0/s1. The summed E-state index contributed by atoms with van der Waals surface area (Å²) < 4.78 is 5.14. The van der Waals surface area contributed by atoms with E-state index >= 15 is 0 Å². The number of ketones is 1. The third-order valence-corrected chi connectivity index (χ3v) is 5.91. The molecular formula is C23H23ClN2O6. The highest BCUT2D eigenvalue weighted by Crippen LogP contribution is 2.27. The minimum Gasteiger partial charge on any atom is -0.452 e. The van der Waals surface area contributed by atoms with Gasteiger partial charge in [-0.15, -0.1) is 0 Å². The van der Waals surface area contributed by atoms with Crippen LogP contribution in [0.1, 0.15) is 58.9 Å². The Hall–Kier alpha value is -3.26. The molecule has 3 rings (SSSR count). The van der Waals surface area contributed by atoms with Gasteiger partial charge in [-0.25, -0.2) is 4.79 Å². The second-order valence-corrected chi connectivity index (χ2v) is 8.22. The number of esters is 1. The zero-order valence-electron chi connectivity index (χ0n) is 17.5. The van der Waals surface area contributed by atoms with Crippen molar-refractivity contribution in [2.45, 2.75) is 38.6 Å². The zero-order chi connectivity index (χ0) is 23.3. The number of hydrogen-bond donors (Lipinski definition) is 1. The van der Waals surface area contributed by atoms with Gasteiger partial charge in [-0.1, -0.05) is 49.6 Å². The van der Waals surface area contributed by atoms with Gasteiger partial charge in [-0.3, -0.25) is 19.7 Å². The van der Waals surface area contributed by atoms with Gasteiger partial charge in [-0.2, -0.15) is 0 Å². The van der Waals surface area contributed by atoms with E-state index in [-0.39, 0.29) is 27.8 Å². The van der Waals surface area contributed by atoms with E-state index < -0.39 is 34.9 Å². The molecule has 0 heterocycles. The fourth-order valence-corrected chi connectivity index (χ4v) is 3.98. The van der Waals surface area contributed by atoms with Crippen LogP contribution in [0.15, 0.2) is 42.5 Å². The van der Waals surface area contributed by atoms with Crippen molar-refractivity contribution in [3.05, 3.63) is 74.3 Å². The van der Waals surface area contributed by atoms with Crippen LogP contribution in [-0.2, 0) is 9.53 Å². The molecule has 0 aromatic heterocycles. The highest BCUT2D eigenvalue weighted by atomic mass is 35.5. The van der Waals surface area contributed by atoms with E-state index in [1.807, 2.05) is 0 Å². The Labute approximate surface area is 190 Å². The topological polar surface area (TPSA) is 116 Å². The number of nitro benzene ring substituents is 1. The molecule has 168 valence electrons. The van der Waals surface area contributed by atoms with E-state index in [2.05, 4.69) is 12.2 Å². The lowest BCUT2D eigenvalue weighted by Crippen LogP contribution is -2.42. The largest absolute Gasteiger partial charge is 0.452 e. The monoisotopic (exact) mass is 458 g/mol. The molecule has 0 unspecified atom stereocenters. The Bertz CT molecular complexity index is 1050. The first kappa shape index (κ1) is 23.4. The number of nitrogens with zero attached hydrogens (tertiary/aromatic N) is 1. The molecule has 1 aliphatic rings. The molecule has 2 aromatic rings. The van der Waals surface area contributed by atoms with Crippen LogP contribution in [0.3, 0.4) is 0 Å². The number of amides is 1. The van der Waals surface area contributed by atoms with Crippen LogP contribution in [0.2, 0.25) is 5.02 Å². The Morgan fingerprint density at radius 3 is 2.50 bits per heavy atom. The Kier molecular flexibility index (Phi) is 7.58. The lowest BCUT2D eigenvalue weighted by molar-refractivity contribution is -0.384. The second kappa shape index (κ2) is 10.4. The number of hydrogen-bond acceptors (Lipinski definition) is 6. The molecule has 2 aromatic carbocycles. The molecule has 9 heteroatoms. The van der Waals surface area contributed by atoms with Crippen molar-refractivity contribution in [3.63, 3.8) is 0 Å². The molecule has 1 saturated carbocycles. The summed E-state index contributed by atoms with van der Waals surface area (Å²) in [5.74, 6) is -1.46. The molecule has 1 N–H and O–H groups in total. The zero-order valence-corrected chi connectivity index (χ0v) is 18.3. The normalized spacial score (nSPS) is 17.9. The number of rotatable bonds is 7. The minimum atomic E-state index is -0.829. The van der Waals surface area contributed by atoms with Gasteiger partial charge in [0.1, 0.15) is 5.02 Å². The number of nitrogens with one attached hydrogen (secondary N) is 1. The van der Waals surface area contributed by atoms with Gasteiger partial charge >= 0.3 is 5.97 Å². The third kappa shape index (κ3) is 5.50. The number of carbonyl (C=O) groups is 3. The highest BCUT2D eigenvalue weighted by molar-refractivity contribution is 6.33. The summed E-state index contributed by atoms with van der Waals surface area (Å²) in [5.41, 5.74) is -0.430. The highest BCUT2D eigenvalue weighted by Gasteiger charge is 2.25. The predicted molar refractivity (Wildman–Crippen MR) is 118 cm³/mol. The molecule has 8 nitrogen and oxygen atoms in total. The molecule has 32 heavy (non-hydrogen) atoms. The van der Waals surface area contributed by atoms with E-state index in [0.717, 1.165) is 31.7 Å². The second-order valence-electron chi connectivity index (χ2n) is 7.81. The van der Waals surface area contributed by atoms with E-state index in [0.29, 0.717) is 5.92 Å². The average molecular weight is 459 g/mol. The SMILES string of the molecule is C[C@H]1CCCC[C@@H]1NC(=O)COC(=O)c1ccccc1C(=O)c1ccc(Cl)c([N+](=O)[O-])c1. The Balaban J connectivity index is 1.71. The third-order valence-electron chi connectivity index (χ3n) is 5.59. The molecule has 0 spiro atoms. The van der Waals surface area contributed by atoms with Gasteiger partial charge in [0.25, 0.3) is 11.6 Å². The molecule has 0 aliphatic heterocycles. The van der Waals surface area contributed by atoms with Gasteiger partial charge < -0.3 is 10.1 Å². The maximum atomic E-state index is 12.9. The van der Waals surface area contributed by atoms with Crippen LogP contribution >= 0.6 is 11.6 Å². The quantitative estimate of drug-likeness (QED) is 0.285. The first-order chi connectivity index (χ1) is 15.3. The molecule has 0 bridgehead atoms. The molecule has 2 atom stereocenters. The summed E-state index contributed by atoms with van der Waals surface area (Å²) in [7, 11) is 0. The van der Waals surface area contributed by atoms with Crippen LogP contribution in [0.5, 0.6) is 0 Å². The predicted octanol–water partition coefficient (Wildman–Crippen LogP) is 4.33. The van der Waals surface area contributed by atoms with Crippen molar-refractivity contribution in [2.75, 3.05) is 6.61 Å². The van der Waals surface area contributed by atoms with Crippen molar-refractivity contribution in [1.29, 1.82) is 0 Å². The summed E-state index contributed by atoms with van der Waals surface area (Å²) in [6.07, 6.45) is 4.13. The molecule has 0 radical (unpaired) electrons. The number of nitro groups is 1. The summed E-state index contributed by atoms with van der Waals surface area (Å²) in [4.78, 5) is 48.2. The Morgan fingerprint density at radius 2 is 1.81 bits per heavy atom. The lowest BCUT2D eigenvalue weighted by atomic mass is 9.86.